The van der Waals surface area contributed by atoms with Crippen LogP contribution in [0.15, 0.2) is 30.6 Å². The van der Waals surface area contributed by atoms with Gasteiger partial charge in [0.2, 0.25) is 0 Å². The van der Waals surface area contributed by atoms with Gasteiger partial charge in [0.15, 0.2) is 0 Å². The number of nitrogens with one attached hydrogen (secondary N) is 1. The Balaban J connectivity index is 1.85. The average molecular weight is 261 g/mol. The van der Waals surface area contributed by atoms with Crippen LogP contribution in [0.1, 0.15) is 23.6 Å². The molecule has 18 heavy (non-hydrogen) atoms. The Labute approximate surface area is 110 Å². The van der Waals surface area contributed by atoms with E-state index in [1.54, 1.807) is 6.20 Å². The second-order valence-electron chi connectivity index (χ2n) is 4.42. The van der Waals surface area contributed by atoms with Gasteiger partial charge in [0.1, 0.15) is 11.0 Å². The standard InChI is InChI=1S/C13H13ClN4/c14-12-6-16-7-13(18-12)17-11-4-1-8-5-9(15)2-3-10(8)11/h2-3,5-7,11H,1,4,15H2,(H,17,18). The number of hydrogen-bond donors (Lipinski definition) is 2. The van der Waals surface area contributed by atoms with Crippen molar-refractivity contribution < 1.29 is 0 Å². The lowest BCUT2D eigenvalue weighted by Crippen LogP contribution is -2.08. The topological polar surface area (TPSA) is 63.8 Å². The predicted octanol–water partition coefficient (Wildman–Crippen LogP) is 2.81. The molecule has 5 heteroatoms. The van der Waals surface area contributed by atoms with Gasteiger partial charge in [-0.25, -0.2) is 4.98 Å². The lowest BCUT2D eigenvalue weighted by Gasteiger charge is -2.14. The van der Waals surface area contributed by atoms with Gasteiger partial charge in [-0.1, -0.05) is 17.7 Å². The van der Waals surface area contributed by atoms with Gasteiger partial charge in [0.05, 0.1) is 18.4 Å². The maximum atomic E-state index is 5.82. The summed E-state index contributed by atoms with van der Waals surface area (Å²) in [6.07, 6.45) is 5.27. The van der Waals surface area contributed by atoms with Crippen molar-refractivity contribution in [3.8, 4) is 0 Å². The van der Waals surface area contributed by atoms with Crippen LogP contribution in [0.5, 0.6) is 0 Å². The number of nitrogen functional groups attached to an aromatic ring is 1. The summed E-state index contributed by atoms with van der Waals surface area (Å²) in [5.41, 5.74) is 9.20. The maximum absolute atomic E-state index is 5.82. The van der Waals surface area contributed by atoms with E-state index in [9.17, 15) is 0 Å². The third-order valence-corrected chi connectivity index (χ3v) is 3.35. The van der Waals surface area contributed by atoms with Gasteiger partial charge >= 0.3 is 0 Å². The Hall–Kier alpha value is -1.81. The van der Waals surface area contributed by atoms with Gasteiger partial charge in [-0.3, -0.25) is 4.98 Å². The zero-order valence-corrected chi connectivity index (χ0v) is 10.5. The molecule has 0 saturated heterocycles. The van der Waals surface area contributed by atoms with Crippen LogP contribution < -0.4 is 11.1 Å². The molecule has 0 bridgehead atoms. The molecule has 0 radical (unpaired) electrons. The number of aromatic nitrogens is 2. The Bertz CT molecular complexity index is 585. The molecule has 1 aliphatic carbocycles. The molecule has 1 aromatic heterocycles. The first kappa shape index (κ1) is 11.3. The number of nitrogens with zero attached hydrogens (tertiary/aromatic N) is 2. The fourth-order valence-corrected chi connectivity index (χ4v) is 2.53. The van der Waals surface area contributed by atoms with E-state index in [4.69, 9.17) is 17.3 Å². The molecule has 1 unspecified atom stereocenters. The van der Waals surface area contributed by atoms with Gasteiger partial charge in [-0.2, -0.15) is 0 Å². The van der Waals surface area contributed by atoms with E-state index >= 15 is 0 Å². The van der Waals surface area contributed by atoms with Gasteiger partial charge in [0.25, 0.3) is 0 Å². The normalized spacial score (nSPS) is 17.5. The molecule has 92 valence electrons. The molecule has 1 aromatic carbocycles. The summed E-state index contributed by atoms with van der Waals surface area (Å²) in [7, 11) is 0. The minimum Gasteiger partial charge on any atom is -0.399 e. The summed E-state index contributed by atoms with van der Waals surface area (Å²) >= 11 is 5.82. The number of rotatable bonds is 2. The van der Waals surface area contributed by atoms with Crippen molar-refractivity contribution in [2.75, 3.05) is 11.1 Å². The fraction of sp³-hybridized carbons (Fsp3) is 0.231. The molecule has 0 aliphatic heterocycles. The van der Waals surface area contributed by atoms with E-state index in [1.807, 2.05) is 12.1 Å². The summed E-state index contributed by atoms with van der Waals surface area (Å²) in [4.78, 5) is 8.21. The first-order valence-electron chi connectivity index (χ1n) is 5.85. The second-order valence-corrected chi connectivity index (χ2v) is 4.81. The predicted molar refractivity (Wildman–Crippen MR) is 72.6 cm³/mol. The van der Waals surface area contributed by atoms with Crippen LogP contribution in [0, 0.1) is 0 Å². The van der Waals surface area contributed by atoms with E-state index in [-0.39, 0.29) is 6.04 Å². The number of anilines is 2. The van der Waals surface area contributed by atoms with E-state index < -0.39 is 0 Å². The zero-order chi connectivity index (χ0) is 12.5. The molecule has 0 saturated carbocycles. The van der Waals surface area contributed by atoms with E-state index in [1.165, 1.54) is 17.3 Å². The highest BCUT2D eigenvalue weighted by Gasteiger charge is 2.22. The minimum atomic E-state index is 0.258. The average Bonchev–Trinajstić information content (AvgIpc) is 2.72. The molecule has 3 N–H and O–H groups in total. The van der Waals surface area contributed by atoms with Crippen molar-refractivity contribution in [2.45, 2.75) is 18.9 Å². The van der Waals surface area contributed by atoms with Crippen LogP contribution in [0.3, 0.4) is 0 Å². The molecule has 1 aliphatic rings. The van der Waals surface area contributed by atoms with E-state index in [0.29, 0.717) is 11.0 Å². The van der Waals surface area contributed by atoms with Crippen LogP contribution in [0.2, 0.25) is 5.15 Å². The summed E-state index contributed by atoms with van der Waals surface area (Å²) in [5.74, 6) is 0.706. The molecule has 3 rings (SSSR count). The number of hydrogen-bond acceptors (Lipinski definition) is 4. The number of halogens is 1. The quantitative estimate of drug-likeness (QED) is 0.815. The Morgan fingerprint density at radius 1 is 1.33 bits per heavy atom. The number of fused-ring (bicyclic) bond motifs is 1. The van der Waals surface area contributed by atoms with Gasteiger partial charge in [-0.05, 0) is 36.1 Å². The largest absolute Gasteiger partial charge is 0.399 e. The highest BCUT2D eigenvalue weighted by molar-refractivity contribution is 6.29. The van der Waals surface area contributed by atoms with Crippen LogP contribution in [-0.2, 0) is 6.42 Å². The highest BCUT2D eigenvalue weighted by Crippen LogP contribution is 2.34. The molecule has 0 fully saturated rings. The van der Waals surface area contributed by atoms with Crippen LogP contribution in [-0.4, -0.2) is 9.97 Å². The van der Waals surface area contributed by atoms with Crippen molar-refractivity contribution in [1.82, 2.24) is 9.97 Å². The van der Waals surface area contributed by atoms with Crippen molar-refractivity contribution >= 4 is 23.1 Å². The monoisotopic (exact) mass is 260 g/mol. The number of benzene rings is 1. The lowest BCUT2D eigenvalue weighted by atomic mass is 10.1. The lowest BCUT2D eigenvalue weighted by molar-refractivity contribution is 0.756. The van der Waals surface area contributed by atoms with Crippen LogP contribution in [0.4, 0.5) is 11.5 Å². The summed E-state index contributed by atoms with van der Waals surface area (Å²) in [6.45, 7) is 0. The minimum absolute atomic E-state index is 0.258. The molecular formula is C13H13ClN4. The third-order valence-electron chi connectivity index (χ3n) is 3.17. The molecule has 1 atom stereocenters. The molecular weight excluding hydrogens is 248 g/mol. The van der Waals surface area contributed by atoms with Crippen molar-refractivity contribution in [2.24, 2.45) is 0 Å². The SMILES string of the molecule is Nc1ccc2c(c1)CCC2Nc1cncc(Cl)n1. The van der Waals surface area contributed by atoms with Gasteiger partial charge < -0.3 is 11.1 Å². The van der Waals surface area contributed by atoms with Crippen LogP contribution in [0.25, 0.3) is 0 Å². The summed E-state index contributed by atoms with van der Waals surface area (Å²) < 4.78 is 0. The van der Waals surface area contributed by atoms with Gasteiger partial charge in [-0.15, -0.1) is 0 Å². The second kappa shape index (κ2) is 4.46. The summed E-state index contributed by atoms with van der Waals surface area (Å²) in [5, 5.41) is 3.76. The molecule has 0 spiro atoms. The molecule has 4 nitrogen and oxygen atoms in total. The van der Waals surface area contributed by atoms with Crippen molar-refractivity contribution in [3.63, 3.8) is 0 Å². The molecule has 0 amide bonds. The fourth-order valence-electron chi connectivity index (χ4n) is 2.38. The van der Waals surface area contributed by atoms with E-state index in [2.05, 4.69) is 21.4 Å². The number of nitrogens with two attached hydrogens (primary N) is 1. The summed E-state index contributed by atoms with van der Waals surface area (Å²) in [6, 6.07) is 6.31. The molecule has 1 heterocycles. The Morgan fingerprint density at radius 3 is 3.06 bits per heavy atom. The maximum Gasteiger partial charge on any atom is 0.149 e. The first-order valence-corrected chi connectivity index (χ1v) is 6.22. The van der Waals surface area contributed by atoms with Crippen molar-refractivity contribution in [1.29, 1.82) is 0 Å². The zero-order valence-electron chi connectivity index (χ0n) is 9.73. The molecule has 2 aromatic rings. The first-order chi connectivity index (χ1) is 8.72. The smallest absolute Gasteiger partial charge is 0.149 e. The van der Waals surface area contributed by atoms with Gasteiger partial charge in [0, 0.05) is 5.69 Å². The Kier molecular flexibility index (Phi) is 2.80. The third kappa shape index (κ3) is 2.11. The Morgan fingerprint density at radius 2 is 2.22 bits per heavy atom. The highest BCUT2D eigenvalue weighted by atomic mass is 35.5. The number of aryl methyl sites for hydroxylation is 1. The van der Waals surface area contributed by atoms with Crippen molar-refractivity contribution in [3.05, 3.63) is 46.9 Å². The van der Waals surface area contributed by atoms with E-state index in [0.717, 1.165) is 18.5 Å². The van der Waals surface area contributed by atoms with Crippen LogP contribution >= 0.6 is 11.6 Å².